The Kier molecular flexibility index (Phi) is 3.46. The molecule has 4 fully saturated rings. The topological polar surface area (TPSA) is 60.7 Å². The molecule has 0 aromatic carbocycles. The molecule has 0 saturated heterocycles. The molecule has 3 heteroatoms. The quantitative estimate of drug-likeness (QED) is 0.645. The molecular formula is C19H32O3. The first-order chi connectivity index (χ1) is 10.4. The van der Waals surface area contributed by atoms with Crippen molar-refractivity contribution in [2.24, 2.45) is 34.5 Å². The smallest absolute Gasteiger partial charge is 0.0596 e. The largest absolute Gasteiger partial charge is 0.393 e. The Morgan fingerprint density at radius 1 is 0.727 bits per heavy atom. The van der Waals surface area contributed by atoms with E-state index in [1.807, 2.05) is 0 Å². The summed E-state index contributed by atoms with van der Waals surface area (Å²) in [5.41, 5.74) is 0.273. The van der Waals surface area contributed by atoms with E-state index < -0.39 is 0 Å². The molecule has 0 spiro atoms. The minimum absolute atomic E-state index is 0.0816. The van der Waals surface area contributed by atoms with Gasteiger partial charge in [0.05, 0.1) is 18.3 Å². The van der Waals surface area contributed by atoms with Gasteiger partial charge in [-0.3, -0.25) is 0 Å². The van der Waals surface area contributed by atoms with Gasteiger partial charge in [0.1, 0.15) is 0 Å². The number of aliphatic hydroxyl groups excluding tert-OH is 3. The Bertz CT molecular complexity index is 452. The van der Waals surface area contributed by atoms with E-state index in [2.05, 4.69) is 13.8 Å². The van der Waals surface area contributed by atoms with Crippen LogP contribution in [0.25, 0.3) is 0 Å². The van der Waals surface area contributed by atoms with E-state index in [1.54, 1.807) is 0 Å². The molecule has 0 aromatic heterocycles. The van der Waals surface area contributed by atoms with E-state index in [9.17, 15) is 15.3 Å². The molecule has 0 bridgehead atoms. The standard InChI is InChI=1S/C19H32O3/c1-18-7-5-11(20)9-15(18)16(21)10-12-13-3-4-17(22)19(13,2)8-6-14(12)18/h11-17,20-22H,3-10H2,1-2H3/t11?,12-,13+,14+,15?,16?,17?,18+,19-/m0/s1. The lowest BCUT2D eigenvalue weighted by atomic mass is 9.44. The maximum absolute atomic E-state index is 10.8. The number of hydrogen-bond donors (Lipinski definition) is 3. The number of aliphatic hydroxyl groups is 3. The summed E-state index contributed by atoms with van der Waals surface area (Å²) in [7, 11) is 0. The molecule has 4 rings (SSSR count). The van der Waals surface area contributed by atoms with Gasteiger partial charge in [0.25, 0.3) is 0 Å². The van der Waals surface area contributed by atoms with Crippen molar-refractivity contribution in [3.63, 3.8) is 0 Å². The van der Waals surface area contributed by atoms with Crippen LogP contribution in [0.2, 0.25) is 0 Å². The zero-order valence-corrected chi connectivity index (χ0v) is 14.0. The molecule has 0 amide bonds. The van der Waals surface area contributed by atoms with Crippen LogP contribution in [-0.4, -0.2) is 33.6 Å². The summed E-state index contributed by atoms with van der Waals surface area (Å²) in [6, 6.07) is 0. The predicted molar refractivity (Wildman–Crippen MR) is 85.1 cm³/mol. The Hall–Kier alpha value is -0.120. The molecule has 9 atom stereocenters. The van der Waals surface area contributed by atoms with Crippen LogP contribution in [0.4, 0.5) is 0 Å². The highest BCUT2D eigenvalue weighted by Gasteiger charge is 2.61. The second kappa shape index (κ2) is 4.94. The molecular weight excluding hydrogens is 276 g/mol. The molecule has 0 aromatic rings. The second-order valence-electron chi connectivity index (χ2n) is 9.36. The van der Waals surface area contributed by atoms with Crippen LogP contribution >= 0.6 is 0 Å². The fraction of sp³-hybridized carbons (Fsp3) is 1.00. The Balaban J connectivity index is 1.66. The summed E-state index contributed by atoms with van der Waals surface area (Å²) in [4.78, 5) is 0. The fourth-order valence-corrected chi connectivity index (χ4v) is 7.25. The van der Waals surface area contributed by atoms with Crippen LogP contribution in [0.5, 0.6) is 0 Å². The zero-order chi connectivity index (χ0) is 15.7. The summed E-state index contributed by atoms with van der Waals surface area (Å²) >= 11 is 0. The van der Waals surface area contributed by atoms with Crippen molar-refractivity contribution in [1.82, 2.24) is 0 Å². The molecule has 0 radical (unpaired) electrons. The van der Waals surface area contributed by atoms with Crippen molar-refractivity contribution in [3.05, 3.63) is 0 Å². The van der Waals surface area contributed by atoms with E-state index in [-0.39, 0.29) is 35.1 Å². The molecule has 0 aliphatic heterocycles. The predicted octanol–water partition coefficient (Wildman–Crippen LogP) is 2.72. The van der Waals surface area contributed by atoms with Crippen molar-refractivity contribution < 1.29 is 15.3 Å². The highest BCUT2D eigenvalue weighted by Crippen LogP contribution is 2.66. The fourth-order valence-electron chi connectivity index (χ4n) is 7.25. The van der Waals surface area contributed by atoms with Crippen LogP contribution in [0, 0.1) is 34.5 Å². The van der Waals surface area contributed by atoms with Gasteiger partial charge in [-0.05, 0) is 85.9 Å². The van der Waals surface area contributed by atoms with Crippen molar-refractivity contribution in [2.45, 2.75) is 83.5 Å². The third-order valence-corrected chi connectivity index (χ3v) is 8.60. The van der Waals surface area contributed by atoms with Crippen molar-refractivity contribution in [1.29, 1.82) is 0 Å². The lowest BCUT2D eigenvalue weighted by Gasteiger charge is -2.61. The molecule has 4 unspecified atom stereocenters. The van der Waals surface area contributed by atoms with Gasteiger partial charge >= 0.3 is 0 Å². The summed E-state index contributed by atoms with van der Waals surface area (Å²) in [6.07, 6.45) is 7.42. The van der Waals surface area contributed by atoms with E-state index in [0.29, 0.717) is 17.8 Å². The number of hydrogen-bond acceptors (Lipinski definition) is 3. The minimum atomic E-state index is -0.263. The summed E-state index contributed by atoms with van der Waals surface area (Å²) in [5, 5.41) is 31.4. The molecule has 22 heavy (non-hydrogen) atoms. The maximum Gasteiger partial charge on any atom is 0.0596 e. The first-order valence-electron chi connectivity index (χ1n) is 9.40. The summed E-state index contributed by atoms with van der Waals surface area (Å²) in [6.45, 7) is 4.68. The third-order valence-electron chi connectivity index (χ3n) is 8.60. The summed E-state index contributed by atoms with van der Waals surface area (Å²) < 4.78 is 0. The van der Waals surface area contributed by atoms with Crippen LogP contribution in [0.3, 0.4) is 0 Å². The second-order valence-corrected chi connectivity index (χ2v) is 9.36. The van der Waals surface area contributed by atoms with Crippen molar-refractivity contribution >= 4 is 0 Å². The first kappa shape index (κ1) is 15.4. The van der Waals surface area contributed by atoms with Gasteiger partial charge in [0, 0.05) is 0 Å². The van der Waals surface area contributed by atoms with Gasteiger partial charge in [-0.2, -0.15) is 0 Å². The van der Waals surface area contributed by atoms with Gasteiger partial charge in [-0.1, -0.05) is 13.8 Å². The molecule has 4 aliphatic rings. The van der Waals surface area contributed by atoms with Crippen molar-refractivity contribution in [2.75, 3.05) is 0 Å². The van der Waals surface area contributed by atoms with Crippen LogP contribution in [0.1, 0.15) is 65.2 Å². The van der Waals surface area contributed by atoms with Gasteiger partial charge in [0.2, 0.25) is 0 Å². The van der Waals surface area contributed by atoms with E-state index in [1.165, 1.54) is 6.42 Å². The average Bonchev–Trinajstić information content (AvgIpc) is 2.77. The lowest BCUT2D eigenvalue weighted by Crippen LogP contribution is -2.58. The number of fused-ring (bicyclic) bond motifs is 5. The van der Waals surface area contributed by atoms with Gasteiger partial charge in [-0.25, -0.2) is 0 Å². The highest BCUT2D eigenvalue weighted by atomic mass is 16.3. The van der Waals surface area contributed by atoms with E-state index >= 15 is 0 Å². The van der Waals surface area contributed by atoms with E-state index in [0.717, 1.165) is 44.9 Å². The molecule has 3 N–H and O–H groups in total. The zero-order valence-electron chi connectivity index (χ0n) is 14.0. The van der Waals surface area contributed by atoms with Gasteiger partial charge < -0.3 is 15.3 Å². The SMILES string of the molecule is C[C@]12CCC(O)CC1C(O)C[C@@H]1[C@H]2CC[C@]2(C)C(O)CC[C@H]12. The monoisotopic (exact) mass is 308 g/mol. The normalized spacial score (nSPS) is 61.2. The van der Waals surface area contributed by atoms with E-state index in [4.69, 9.17) is 0 Å². The first-order valence-corrected chi connectivity index (χ1v) is 9.40. The Labute approximate surface area is 134 Å². The highest BCUT2D eigenvalue weighted by molar-refractivity contribution is 5.11. The average molecular weight is 308 g/mol. The summed E-state index contributed by atoms with van der Waals surface area (Å²) in [5.74, 6) is 2.10. The Morgan fingerprint density at radius 3 is 2.18 bits per heavy atom. The van der Waals surface area contributed by atoms with Crippen LogP contribution in [-0.2, 0) is 0 Å². The molecule has 0 heterocycles. The van der Waals surface area contributed by atoms with Gasteiger partial charge in [-0.15, -0.1) is 0 Å². The third kappa shape index (κ3) is 1.91. The molecule has 4 aliphatic carbocycles. The minimum Gasteiger partial charge on any atom is -0.393 e. The van der Waals surface area contributed by atoms with Crippen LogP contribution in [0.15, 0.2) is 0 Å². The van der Waals surface area contributed by atoms with Crippen LogP contribution < -0.4 is 0 Å². The molecule has 3 nitrogen and oxygen atoms in total. The lowest BCUT2D eigenvalue weighted by molar-refractivity contribution is -0.174. The van der Waals surface area contributed by atoms with Gasteiger partial charge in [0.15, 0.2) is 0 Å². The molecule has 126 valence electrons. The maximum atomic E-state index is 10.8. The Morgan fingerprint density at radius 2 is 1.41 bits per heavy atom. The molecule has 4 saturated carbocycles. The number of rotatable bonds is 0. The van der Waals surface area contributed by atoms with Crippen molar-refractivity contribution in [3.8, 4) is 0 Å².